The van der Waals surface area contributed by atoms with E-state index < -0.39 is 42.8 Å². The average molecular weight is 383 g/mol. The van der Waals surface area contributed by atoms with Gasteiger partial charge < -0.3 is 4.74 Å². The van der Waals surface area contributed by atoms with Gasteiger partial charge in [-0.05, 0) is 0 Å². The molecule has 4 nitrogen and oxygen atoms in total. The first-order valence-electron chi connectivity index (χ1n) is 4.21. The summed E-state index contributed by atoms with van der Waals surface area (Å²) in [5.74, 6) is 0. The van der Waals surface area contributed by atoms with E-state index in [-0.39, 0.29) is 6.42 Å². The Morgan fingerprint density at radius 3 is 2.47 bits per heavy atom. The van der Waals surface area contributed by atoms with Crippen LogP contribution in [0, 0.1) is 0 Å². The van der Waals surface area contributed by atoms with E-state index in [0.717, 1.165) is 25.8 Å². The van der Waals surface area contributed by atoms with Crippen LogP contribution in [0.1, 0.15) is 0 Å². The van der Waals surface area contributed by atoms with Gasteiger partial charge in [0.2, 0.25) is 0 Å². The molecule has 0 aromatic carbocycles. The average Bonchev–Trinajstić information content (AvgIpc) is 2.15. The van der Waals surface area contributed by atoms with Crippen LogP contribution in [0.3, 0.4) is 0 Å². The molecule has 0 N–H and O–H groups in total. The Labute approximate surface area is 106 Å². The van der Waals surface area contributed by atoms with E-state index in [1.165, 1.54) is 0 Å². The highest BCUT2D eigenvalue weighted by atomic mass is 127. The van der Waals surface area contributed by atoms with Gasteiger partial charge >= 0.3 is 6.18 Å². The first kappa shape index (κ1) is 14.8. The van der Waals surface area contributed by atoms with Crippen LogP contribution in [0.25, 0.3) is 0 Å². The van der Waals surface area contributed by atoms with Crippen LogP contribution >= 0.6 is 20.7 Å². The van der Waals surface area contributed by atoms with Crippen molar-refractivity contribution in [3.8, 4) is 0 Å². The van der Waals surface area contributed by atoms with Crippen molar-refractivity contribution in [3.05, 3.63) is 9.11 Å². The van der Waals surface area contributed by atoms with Crippen LogP contribution in [0.5, 0.6) is 0 Å². The molecule has 0 bridgehead atoms. The molecule has 0 aromatic rings. The smallest absolute Gasteiger partial charge is 0.367 e. The third kappa shape index (κ3) is 3.85. The van der Waals surface area contributed by atoms with Crippen LogP contribution in [0.4, 0.5) is 13.2 Å². The number of nitrogens with zero attached hydrogens (tertiary/aromatic N) is 1. The zero-order valence-corrected chi connectivity index (χ0v) is 11.8. The molecule has 0 aliphatic carbocycles. The molecule has 0 amide bonds. The lowest BCUT2D eigenvalue weighted by molar-refractivity contribution is -0.188. The number of halogens is 4. The molecule has 1 rings (SSSR count). The van der Waals surface area contributed by atoms with Gasteiger partial charge in [-0.1, -0.05) is 20.7 Å². The van der Waals surface area contributed by atoms with Crippen LogP contribution in [0.2, 0.25) is 0 Å². The predicted octanol–water partition coefficient (Wildman–Crippen LogP) is 1.63. The van der Waals surface area contributed by atoms with Crippen molar-refractivity contribution in [2.24, 2.45) is 4.99 Å². The van der Waals surface area contributed by atoms with E-state index in [9.17, 15) is 21.6 Å². The Balaban J connectivity index is 3.14. The predicted molar refractivity (Wildman–Crippen MR) is 67.3 cm³/mol. The third-order valence-corrected chi connectivity index (χ3v) is 7.72. The highest BCUT2D eigenvalue weighted by molar-refractivity contribution is 14.2. The second-order valence-electron chi connectivity index (χ2n) is 3.12. The molecule has 0 saturated carbocycles. The number of alkyl halides is 3. The molecule has 0 saturated heterocycles. The zero-order chi connectivity index (χ0) is 13.3. The minimum absolute atomic E-state index is 0.0416. The Kier molecular flexibility index (Phi) is 4.47. The number of methoxy groups -OCH3 is 1. The van der Waals surface area contributed by atoms with Gasteiger partial charge in [-0.2, -0.15) is 13.2 Å². The minimum Gasteiger partial charge on any atom is -0.367 e. The van der Waals surface area contributed by atoms with Gasteiger partial charge in [0.1, 0.15) is 2.91 Å². The summed E-state index contributed by atoms with van der Waals surface area (Å²) in [6.07, 6.45) is -3.56. The molecule has 1 aliphatic rings. The fourth-order valence-corrected chi connectivity index (χ4v) is 5.30. The van der Waals surface area contributed by atoms with Crippen molar-refractivity contribution in [3.63, 3.8) is 0 Å². The lowest BCUT2D eigenvalue weighted by atomic mass is 10.2. The third-order valence-electron chi connectivity index (χ3n) is 1.71. The van der Waals surface area contributed by atoms with Crippen molar-refractivity contribution in [1.82, 2.24) is 0 Å². The second-order valence-corrected chi connectivity index (χ2v) is 8.78. The highest BCUT2D eigenvalue weighted by Gasteiger charge is 2.43. The summed E-state index contributed by atoms with van der Waals surface area (Å²) >= 11 is -1.42. The Morgan fingerprint density at radius 1 is 1.47 bits per heavy atom. The summed E-state index contributed by atoms with van der Waals surface area (Å²) in [5.41, 5.74) is 0. The fourth-order valence-electron chi connectivity index (χ4n) is 1.01. The molecule has 17 heavy (non-hydrogen) atoms. The maximum atomic E-state index is 12.6. The van der Waals surface area contributed by atoms with Gasteiger partial charge in [-0.3, -0.25) is 4.99 Å². The van der Waals surface area contributed by atoms with Crippen LogP contribution < -0.4 is 0 Å². The standard InChI is InChI=1S/C8H9F3INO3S/c1-16-7(8(9,10)11)5-3-13-4-6(12-5)17(2,14)15/h3-4,7H,1-2H3. The number of hydrogen-bond donors (Lipinski definition) is 0. The molecule has 1 atom stereocenters. The number of aliphatic imine (C=N–C) groups is 1. The van der Waals surface area contributed by atoms with E-state index in [1.54, 1.807) is 0 Å². The minimum atomic E-state index is -4.56. The van der Waals surface area contributed by atoms with Gasteiger partial charge in [-0.15, -0.1) is 0 Å². The molecular weight excluding hydrogens is 374 g/mol. The van der Waals surface area contributed by atoms with Gasteiger partial charge in [0, 0.05) is 23.1 Å². The normalized spacial score (nSPS) is 19.1. The molecule has 1 aliphatic heterocycles. The molecule has 98 valence electrons. The number of ether oxygens (including phenoxy) is 1. The molecule has 0 radical (unpaired) electrons. The van der Waals surface area contributed by atoms with Gasteiger partial charge in [0.05, 0.1) is 6.20 Å². The summed E-state index contributed by atoms with van der Waals surface area (Å²) in [6.45, 7) is 0. The molecule has 9 heteroatoms. The van der Waals surface area contributed by atoms with Crippen molar-refractivity contribution < 1.29 is 26.3 Å². The Hall–Kier alpha value is -0.290. The molecule has 0 aromatic heterocycles. The summed E-state index contributed by atoms with van der Waals surface area (Å²) in [5, 5.41) is 0. The van der Waals surface area contributed by atoms with Crippen molar-refractivity contribution in [2.45, 2.75) is 12.3 Å². The van der Waals surface area contributed by atoms with E-state index in [4.69, 9.17) is 0 Å². The summed E-state index contributed by atoms with van der Waals surface area (Å²) in [7, 11) is -2.56. The largest absolute Gasteiger partial charge is 0.419 e. The maximum Gasteiger partial charge on any atom is 0.419 e. The van der Waals surface area contributed by atoms with E-state index in [1.807, 2.05) is 0 Å². The van der Waals surface area contributed by atoms with Crippen molar-refractivity contribution >= 4 is 40.3 Å². The Bertz CT molecular complexity index is 493. The molecule has 1 heterocycles. The monoisotopic (exact) mass is 383 g/mol. The first-order chi connectivity index (χ1) is 7.66. The van der Waals surface area contributed by atoms with Crippen molar-refractivity contribution in [2.75, 3.05) is 13.4 Å². The fraction of sp³-hybridized carbons (Fsp3) is 0.500. The van der Waals surface area contributed by atoms with Gasteiger partial charge in [0.25, 0.3) is 0 Å². The summed E-state index contributed by atoms with van der Waals surface area (Å²) in [4.78, 5) is 3.53. The molecule has 0 spiro atoms. The zero-order valence-electron chi connectivity index (χ0n) is 8.82. The lowest BCUT2D eigenvalue weighted by Gasteiger charge is -2.20. The highest BCUT2D eigenvalue weighted by Crippen LogP contribution is 2.31. The molecular formula is C8H9F3INO3S. The number of sulfone groups is 1. The second kappa shape index (κ2) is 5.14. The molecule has 1 unspecified atom stereocenters. The van der Waals surface area contributed by atoms with Gasteiger partial charge in [0.15, 0.2) is 15.9 Å². The lowest BCUT2D eigenvalue weighted by Crippen LogP contribution is -2.38. The number of rotatable bonds is 3. The SMILES string of the molecule is COC(C1=IC(S(C)(=O)=O)=CN=C1)C(F)(F)F. The Morgan fingerprint density at radius 2 is 2.06 bits per heavy atom. The van der Waals surface area contributed by atoms with Crippen LogP contribution in [-0.4, -0.2) is 43.8 Å². The quantitative estimate of drug-likeness (QED) is 0.697. The van der Waals surface area contributed by atoms with Crippen LogP contribution in [0.15, 0.2) is 14.1 Å². The molecule has 0 fully saturated rings. The maximum absolute atomic E-state index is 12.6. The topological polar surface area (TPSA) is 55.7 Å². The summed E-state index contributed by atoms with van der Waals surface area (Å²) in [6, 6.07) is 0. The van der Waals surface area contributed by atoms with Gasteiger partial charge in [-0.25, -0.2) is 8.42 Å². The van der Waals surface area contributed by atoms with E-state index in [0.29, 0.717) is 0 Å². The summed E-state index contributed by atoms with van der Waals surface area (Å²) < 4.78 is 64.4. The first-order valence-corrected chi connectivity index (χ1v) is 8.25. The van der Waals surface area contributed by atoms with E-state index >= 15 is 0 Å². The van der Waals surface area contributed by atoms with Crippen molar-refractivity contribution in [1.29, 1.82) is 0 Å². The number of hydrogen-bond acceptors (Lipinski definition) is 4. The van der Waals surface area contributed by atoms with E-state index in [2.05, 4.69) is 9.73 Å². The van der Waals surface area contributed by atoms with Crippen LogP contribution in [-0.2, 0) is 14.6 Å².